The number of ketones is 1. The van der Waals surface area contributed by atoms with Gasteiger partial charge in [0.25, 0.3) is 0 Å². The summed E-state index contributed by atoms with van der Waals surface area (Å²) >= 11 is 0. The number of hydrogen-bond acceptors (Lipinski definition) is 3. The van der Waals surface area contributed by atoms with E-state index < -0.39 is 5.60 Å². The van der Waals surface area contributed by atoms with Crippen LogP contribution in [0.25, 0.3) is 11.1 Å². The van der Waals surface area contributed by atoms with Gasteiger partial charge in [-0.15, -0.1) is 0 Å². The van der Waals surface area contributed by atoms with Gasteiger partial charge in [0.2, 0.25) is 0 Å². The highest BCUT2D eigenvalue weighted by Crippen LogP contribution is 2.26. The molecule has 1 atom stereocenters. The molecular formula is C28H25NO2. The van der Waals surface area contributed by atoms with E-state index >= 15 is 0 Å². The van der Waals surface area contributed by atoms with Gasteiger partial charge in [0.15, 0.2) is 11.4 Å². The number of para-hydroxylation sites is 1. The minimum Gasteiger partial charge on any atom is -0.291 e. The summed E-state index contributed by atoms with van der Waals surface area (Å²) in [5.74, 6) is -0.0700. The minimum atomic E-state index is -1.08. The van der Waals surface area contributed by atoms with Crippen LogP contribution in [0.3, 0.4) is 0 Å². The molecular weight excluding hydrogens is 382 g/mol. The van der Waals surface area contributed by atoms with Crippen molar-refractivity contribution >= 4 is 11.5 Å². The van der Waals surface area contributed by atoms with Crippen LogP contribution in [0.15, 0.2) is 115 Å². The van der Waals surface area contributed by atoms with Crippen molar-refractivity contribution in [1.29, 1.82) is 0 Å². The molecule has 154 valence electrons. The third kappa shape index (κ3) is 5.08. The molecule has 0 aliphatic heterocycles. The summed E-state index contributed by atoms with van der Waals surface area (Å²) in [5.41, 5.74) is 6.54. The molecule has 3 heteroatoms. The van der Waals surface area contributed by atoms with Crippen molar-refractivity contribution in [1.82, 2.24) is 0 Å². The molecule has 0 bridgehead atoms. The van der Waals surface area contributed by atoms with Crippen LogP contribution >= 0.6 is 0 Å². The van der Waals surface area contributed by atoms with E-state index in [0.717, 1.165) is 22.4 Å². The molecule has 0 heterocycles. The van der Waals surface area contributed by atoms with Crippen molar-refractivity contribution in [3.63, 3.8) is 0 Å². The topological polar surface area (TPSA) is 38.3 Å². The maximum Gasteiger partial charge on any atom is 0.197 e. The van der Waals surface area contributed by atoms with Crippen LogP contribution in [-0.2, 0) is 11.3 Å². The lowest BCUT2D eigenvalue weighted by molar-refractivity contribution is 0.0115. The summed E-state index contributed by atoms with van der Waals surface area (Å²) in [4.78, 5) is 19.6. The van der Waals surface area contributed by atoms with Crippen molar-refractivity contribution < 1.29 is 9.63 Å². The van der Waals surface area contributed by atoms with Gasteiger partial charge in [0.1, 0.15) is 0 Å². The Hall–Kier alpha value is -3.69. The van der Waals surface area contributed by atoms with Crippen LogP contribution < -0.4 is 5.48 Å². The second-order valence-electron chi connectivity index (χ2n) is 7.74. The van der Waals surface area contributed by atoms with Gasteiger partial charge in [-0.25, -0.2) is 0 Å². The van der Waals surface area contributed by atoms with Crippen LogP contribution in [-0.4, -0.2) is 11.4 Å². The van der Waals surface area contributed by atoms with E-state index in [0.29, 0.717) is 12.0 Å². The smallest absolute Gasteiger partial charge is 0.197 e. The maximum absolute atomic E-state index is 13.6. The molecule has 4 rings (SSSR count). The van der Waals surface area contributed by atoms with Gasteiger partial charge in [0, 0.05) is 12.0 Å². The Kier molecular flexibility index (Phi) is 6.25. The fraction of sp³-hybridized carbons (Fsp3) is 0.107. The van der Waals surface area contributed by atoms with E-state index in [1.165, 1.54) is 0 Å². The number of nitrogens with one attached hydrogen (secondary N) is 1. The zero-order valence-corrected chi connectivity index (χ0v) is 17.5. The van der Waals surface area contributed by atoms with Crippen LogP contribution in [0.1, 0.15) is 22.8 Å². The summed E-state index contributed by atoms with van der Waals surface area (Å²) in [6.45, 7) is 1.84. The van der Waals surface area contributed by atoms with Crippen LogP contribution in [0.5, 0.6) is 0 Å². The van der Waals surface area contributed by atoms with E-state index in [1.54, 1.807) is 0 Å². The van der Waals surface area contributed by atoms with E-state index in [1.807, 2.05) is 110 Å². The number of anilines is 1. The zero-order valence-electron chi connectivity index (χ0n) is 17.5. The molecule has 0 saturated heterocycles. The average molecular weight is 408 g/mol. The Morgan fingerprint density at radius 2 is 1.23 bits per heavy atom. The lowest BCUT2D eigenvalue weighted by Crippen LogP contribution is -2.42. The predicted octanol–water partition coefficient (Wildman–Crippen LogP) is 6.58. The second-order valence-corrected chi connectivity index (χ2v) is 7.74. The summed E-state index contributed by atoms with van der Waals surface area (Å²) in [6.07, 6.45) is 0.451. The van der Waals surface area contributed by atoms with Crippen LogP contribution in [0.2, 0.25) is 0 Å². The fourth-order valence-corrected chi connectivity index (χ4v) is 3.58. The molecule has 0 fully saturated rings. The van der Waals surface area contributed by atoms with E-state index in [2.05, 4.69) is 17.6 Å². The first-order valence-corrected chi connectivity index (χ1v) is 10.4. The Bertz CT molecular complexity index is 1110. The number of carbonyl (C=O) groups excluding carboxylic acids is 1. The first-order valence-electron chi connectivity index (χ1n) is 10.4. The van der Waals surface area contributed by atoms with Gasteiger partial charge >= 0.3 is 0 Å². The third-order valence-corrected chi connectivity index (χ3v) is 5.29. The summed E-state index contributed by atoms with van der Waals surface area (Å²) in [6, 6.07) is 37.4. The zero-order chi connectivity index (χ0) is 21.5. The molecule has 0 amide bonds. The van der Waals surface area contributed by atoms with Crippen LogP contribution in [0, 0.1) is 0 Å². The van der Waals surface area contributed by atoms with Gasteiger partial charge in [0.05, 0.1) is 5.69 Å². The van der Waals surface area contributed by atoms with Crippen molar-refractivity contribution in [3.05, 3.63) is 126 Å². The molecule has 0 saturated carbocycles. The van der Waals surface area contributed by atoms with Crippen molar-refractivity contribution in [2.75, 3.05) is 5.48 Å². The van der Waals surface area contributed by atoms with Gasteiger partial charge in [-0.1, -0.05) is 103 Å². The molecule has 31 heavy (non-hydrogen) atoms. The molecule has 0 spiro atoms. The van der Waals surface area contributed by atoms with E-state index in [4.69, 9.17) is 4.84 Å². The number of Topliss-reactive ketones (excluding diaryl/α,β-unsaturated/α-hetero) is 1. The molecule has 1 unspecified atom stereocenters. The minimum absolute atomic E-state index is 0.0700. The molecule has 4 aromatic rings. The monoisotopic (exact) mass is 407 g/mol. The average Bonchev–Trinajstić information content (AvgIpc) is 2.84. The number of hydrogen-bond donors (Lipinski definition) is 1. The molecule has 0 radical (unpaired) electrons. The SMILES string of the molecule is CC(Cc1ccccc1)(ONc1ccccc1)C(=O)c1ccc(-c2ccccc2)cc1. The Balaban J connectivity index is 1.59. The molecule has 4 aromatic carbocycles. The van der Waals surface area contributed by atoms with Gasteiger partial charge in [-0.3, -0.25) is 15.1 Å². The Morgan fingerprint density at radius 1 is 0.710 bits per heavy atom. The Morgan fingerprint density at radius 3 is 1.84 bits per heavy atom. The summed E-state index contributed by atoms with van der Waals surface area (Å²) in [7, 11) is 0. The first-order chi connectivity index (χ1) is 15.1. The highest BCUT2D eigenvalue weighted by Gasteiger charge is 2.36. The van der Waals surface area contributed by atoms with Crippen molar-refractivity contribution in [3.8, 4) is 11.1 Å². The van der Waals surface area contributed by atoms with Gasteiger partial charge in [-0.05, 0) is 35.7 Å². The second kappa shape index (κ2) is 9.41. The highest BCUT2D eigenvalue weighted by atomic mass is 16.7. The normalized spacial score (nSPS) is 12.7. The first kappa shape index (κ1) is 20.6. The molecule has 0 aliphatic carbocycles. The number of benzene rings is 4. The third-order valence-electron chi connectivity index (χ3n) is 5.29. The van der Waals surface area contributed by atoms with Gasteiger partial charge in [-0.2, -0.15) is 0 Å². The van der Waals surface area contributed by atoms with E-state index in [-0.39, 0.29) is 5.78 Å². The molecule has 0 aliphatic rings. The van der Waals surface area contributed by atoms with Crippen molar-refractivity contribution in [2.24, 2.45) is 0 Å². The Labute approximate surface area is 183 Å². The lowest BCUT2D eigenvalue weighted by Gasteiger charge is -2.28. The molecule has 0 aromatic heterocycles. The summed E-state index contributed by atoms with van der Waals surface area (Å²) in [5, 5.41) is 0. The number of rotatable bonds is 8. The lowest BCUT2D eigenvalue weighted by atomic mass is 9.88. The highest BCUT2D eigenvalue weighted by molar-refractivity contribution is 6.02. The van der Waals surface area contributed by atoms with Gasteiger partial charge < -0.3 is 0 Å². The molecule has 1 N–H and O–H groups in total. The largest absolute Gasteiger partial charge is 0.291 e. The quantitative estimate of drug-likeness (QED) is 0.265. The maximum atomic E-state index is 13.6. The standard InChI is InChI=1S/C28H25NO2/c1-28(21-22-11-5-2-6-12-22,31-29-26-15-9-4-10-16-26)27(30)25-19-17-24(18-20-25)23-13-7-3-8-14-23/h2-20,29H,21H2,1H3. The van der Waals surface area contributed by atoms with Crippen LogP contribution in [0.4, 0.5) is 5.69 Å². The van der Waals surface area contributed by atoms with Crippen molar-refractivity contribution in [2.45, 2.75) is 18.9 Å². The predicted molar refractivity (Wildman–Crippen MR) is 126 cm³/mol. The summed E-state index contributed by atoms with van der Waals surface area (Å²) < 4.78 is 0. The fourth-order valence-electron chi connectivity index (χ4n) is 3.58. The van der Waals surface area contributed by atoms with E-state index in [9.17, 15) is 4.79 Å². The molecule has 3 nitrogen and oxygen atoms in total. The number of carbonyl (C=O) groups is 1.